The predicted molar refractivity (Wildman–Crippen MR) is 77.4 cm³/mol. The molecule has 2 rings (SSSR count). The van der Waals surface area contributed by atoms with E-state index < -0.39 is 11.5 Å². The summed E-state index contributed by atoms with van der Waals surface area (Å²) >= 11 is 0. The van der Waals surface area contributed by atoms with Gasteiger partial charge in [-0.1, -0.05) is 6.92 Å². The summed E-state index contributed by atoms with van der Waals surface area (Å²) in [6, 6.07) is 0. The van der Waals surface area contributed by atoms with E-state index in [2.05, 4.69) is 21.4 Å². The average molecular weight is 296 g/mol. The zero-order chi connectivity index (χ0) is 15.3. The molecule has 0 aliphatic carbocycles. The van der Waals surface area contributed by atoms with E-state index in [4.69, 9.17) is 10.5 Å². The molecule has 7 heteroatoms. The molecule has 0 aromatic carbocycles. The van der Waals surface area contributed by atoms with Crippen molar-refractivity contribution in [1.82, 2.24) is 14.5 Å². The number of carbonyl (C=O) groups is 1. The largest absolute Gasteiger partial charge is 0.386 e. The van der Waals surface area contributed by atoms with Gasteiger partial charge in [0.05, 0.1) is 26.2 Å². The van der Waals surface area contributed by atoms with Crippen molar-refractivity contribution in [3.63, 3.8) is 0 Å². The van der Waals surface area contributed by atoms with Crippen molar-refractivity contribution in [2.45, 2.75) is 38.5 Å². The molecule has 0 saturated carbocycles. The summed E-state index contributed by atoms with van der Waals surface area (Å²) in [5.74, 6) is 0.440. The normalized spacial score (nSPS) is 23.9. The Hall–Kier alpha value is -1.44. The van der Waals surface area contributed by atoms with E-state index in [0.717, 1.165) is 18.8 Å². The number of ether oxygens (including phenoxy) is 1. The highest BCUT2D eigenvalue weighted by Crippen LogP contribution is 2.18. The molecule has 1 saturated heterocycles. The van der Waals surface area contributed by atoms with Crippen molar-refractivity contribution < 1.29 is 14.6 Å². The smallest absolute Gasteiger partial charge is 0.220 e. The topological polar surface area (TPSA) is 93.6 Å². The van der Waals surface area contributed by atoms with E-state index in [0.29, 0.717) is 26.2 Å². The van der Waals surface area contributed by atoms with Gasteiger partial charge >= 0.3 is 0 Å². The maximum atomic E-state index is 11.1. The van der Waals surface area contributed by atoms with Crippen LogP contribution in [0.1, 0.15) is 25.6 Å². The van der Waals surface area contributed by atoms with Gasteiger partial charge in [-0.15, -0.1) is 0 Å². The number of hydrogen-bond donors (Lipinski definition) is 2. The summed E-state index contributed by atoms with van der Waals surface area (Å²) in [4.78, 5) is 17.6. The number of aryl methyl sites for hydroxylation is 1. The van der Waals surface area contributed by atoms with Gasteiger partial charge in [-0.2, -0.15) is 0 Å². The first-order valence-electron chi connectivity index (χ1n) is 7.33. The second kappa shape index (κ2) is 7.02. The van der Waals surface area contributed by atoms with Crippen molar-refractivity contribution in [1.29, 1.82) is 0 Å². The van der Waals surface area contributed by atoms with Crippen LogP contribution in [0.5, 0.6) is 0 Å². The van der Waals surface area contributed by atoms with Crippen molar-refractivity contribution in [3.8, 4) is 0 Å². The summed E-state index contributed by atoms with van der Waals surface area (Å²) < 4.78 is 7.52. The minimum atomic E-state index is -1.22. The number of rotatable bonds is 6. The molecule has 0 bridgehead atoms. The zero-order valence-electron chi connectivity index (χ0n) is 12.5. The number of carbonyl (C=O) groups excluding carboxylic acids is 1. The number of nitrogens with zero attached hydrogens (tertiary/aromatic N) is 3. The van der Waals surface area contributed by atoms with Crippen molar-refractivity contribution in [2.24, 2.45) is 5.73 Å². The van der Waals surface area contributed by atoms with E-state index in [1.54, 1.807) is 6.20 Å². The number of nitrogens with two attached hydrogens (primary N) is 1. The molecule has 1 fully saturated rings. The van der Waals surface area contributed by atoms with E-state index >= 15 is 0 Å². The van der Waals surface area contributed by atoms with Gasteiger partial charge in [-0.3, -0.25) is 9.69 Å². The Bertz CT molecular complexity index is 477. The summed E-state index contributed by atoms with van der Waals surface area (Å²) in [5, 5.41) is 10.5. The van der Waals surface area contributed by atoms with E-state index in [9.17, 15) is 9.90 Å². The Morgan fingerprint density at radius 2 is 2.43 bits per heavy atom. The molecule has 3 N–H and O–H groups in total. The van der Waals surface area contributed by atoms with Crippen LogP contribution in [0.25, 0.3) is 0 Å². The Morgan fingerprint density at radius 1 is 1.62 bits per heavy atom. The lowest BCUT2D eigenvalue weighted by atomic mass is 10.00. The minimum absolute atomic E-state index is 0.0904. The van der Waals surface area contributed by atoms with Gasteiger partial charge in [-0.25, -0.2) is 4.98 Å². The molecular weight excluding hydrogens is 272 g/mol. The summed E-state index contributed by atoms with van der Waals surface area (Å²) in [6.07, 6.45) is 4.70. The predicted octanol–water partition coefficient (Wildman–Crippen LogP) is -0.268. The van der Waals surface area contributed by atoms with Crippen LogP contribution in [0.3, 0.4) is 0 Å². The van der Waals surface area contributed by atoms with E-state index in [-0.39, 0.29) is 13.0 Å². The fourth-order valence-corrected chi connectivity index (χ4v) is 2.70. The summed E-state index contributed by atoms with van der Waals surface area (Å²) in [6.45, 7) is 5.37. The fourth-order valence-electron chi connectivity index (χ4n) is 2.70. The van der Waals surface area contributed by atoms with Crippen molar-refractivity contribution in [2.75, 3.05) is 26.3 Å². The van der Waals surface area contributed by atoms with Crippen LogP contribution in [-0.2, 0) is 22.6 Å². The Labute approximate surface area is 124 Å². The number of imidazole rings is 1. The van der Waals surface area contributed by atoms with Crippen LogP contribution < -0.4 is 5.73 Å². The molecule has 7 nitrogen and oxygen atoms in total. The molecule has 1 aromatic rings. The number of aromatic nitrogens is 2. The van der Waals surface area contributed by atoms with E-state index in [1.165, 1.54) is 0 Å². The SMILES string of the molecule is CCCn1ccnc1CN1CCOCC(O)(CC(N)=O)C1. The molecule has 118 valence electrons. The zero-order valence-corrected chi connectivity index (χ0v) is 12.5. The number of amides is 1. The first-order valence-corrected chi connectivity index (χ1v) is 7.33. The molecule has 1 amide bonds. The van der Waals surface area contributed by atoms with Gasteiger partial charge in [0, 0.05) is 32.0 Å². The Balaban J connectivity index is 2.04. The maximum absolute atomic E-state index is 11.1. The van der Waals surface area contributed by atoms with Crippen LogP contribution in [0, 0.1) is 0 Å². The van der Waals surface area contributed by atoms with Gasteiger partial charge in [-0.05, 0) is 6.42 Å². The highest BCUT2D eigenvalue weighted by Gasteiger charge is 2.34. The molecule has 1 aliphatic rings. The maximum Gasteiger partial charge on any atom is 0.220 e. The highest BCUT2D eigenvalue weighted by molar-refractivity contribution is 5.75. The van der Waals surface area contributed by atoms with Gasteiger partial charge < -0.3 is 20.1 Å². The second-order valence-electron chi connectivity index (χ2n) is 5.67. The lowest BCUT2D eigenvalue weighted by molar-refractivity contribution is -0.126. The van der Waals surface area contributed by atoms with Crippen molar-refractivity contribution >= 4 is 5.91 Å². The number of primary amides is 1. The lowest BCUT2D eigenvalue weighted by Crippen LogP contribution is -2.46. The lowest BCUT2D eigenvalue weighted by Gasteiger charge is -2.29. The van der Waals surface area contributed by atoms with Gasteiger partial charge in [0.15, 0.2) is 0 Å². The first-order chi connectivity index (χ1) is 10.0. The molecule has 0 spiro atoms. The number of β-amino-alcohol motifs (C(OH)–C–C–N with tert-alkyl or cyclic N) is 1. The minimum Gasteiger partial charge on any atom is -0.386 e. The Morgan fingerprint density at radius 3 is 3.14 bits per heavy atom. The molecule has 1 aromatic heterocycles. The third-order valence-corrected chi connectivity index (χ3v) is 3.58. The van der Waals surface area contributed by atoms with Crippen LogP contribution in [0.4, 0.5) is 0 Å². The molecule has 1 atom stereocenters. The van der Waals surface area contributed by atoms with E-state index in [1.807, 2.05) is 6.20 Å². The third kappa shape index (κ3) is 4.52. The first kappa shape index (κ1) is 15.9. The van der Waals surface area contributed by atoms with Crippen LogP contribution in [0.15, 0.2) is 12.4 Å². The monoisotopic (exact) mass is 296 g/mol. The second-order valence-corrected chi connectivity index (χ2v) is 5.67. The molecular formula is C14H24N4O3. The molecule has 1 aliphatic heterocycles. The average Bonchev–Trinajstić information content (AvgIpc) is 2.72. The highest BCUT2D eigenvalue weighted by atomic mass is 16.5. The number of aliphatic hydroxyl groups is 1. The standard InChI is InChI=1S/C14H24N4O3/c1-2-4-18-5-3-16-13(18)9-17-6-7-21-11-14(20,10-17)8-12(15)19/h3,5,20H,2,4,6-11H2,1H3,(H2,15,19). The number of hydrogen-bond acceptors (Lipinski definition) is 5. The summed E-state index contributed by atoms with van der Waals surface area (Å²) in [5.41, 5.74) is 4.00. The fraction of sp³-hybridized carbons (Fsp3) is 0.714. The Kier molecular flexibility index (Phi) is 5.33. The molecule has 0 radical (unpaired) electrons. The molecule has 1 unspecified atom stereocenters. The van der Waals surface area contributed by atoms with Crippen LogP contribution in [-0.4, -0.2) is 57.4 Å². The third-order valence-electron chi connectivity index (χ3n) is 3.58. The van der Waals surface area contributed by atoms with Gasteiger partial charge in [0.25, 0.3) is 0 Å². The molecule has 2 heterocycles. The molecule has 21 heavy (non-hydrogen) atoms. The van der Waals surface area contributed by atoms with Crippen molar-refractivity contribution in [3.05, 3.63) is 18.2 Å². The van der Waals surface area contributed by atoms with Crippen LogP contribution in [0.2, 0.25) is 0 Å². The van der Waals surface area contributed by atoms with Crippen LogP contribution >= 0.6 is 0 Å². The quantitative estimate of drug-likeness (QED) is 0.754. The van der Waals surface area contributed by atoms with Gasteiger partial charge in [0.2, 0.25) is 5.91 Å². The summed E-state index contributed by atoms with van der Waals surface area (Å²) in [7, 11) is 0. The van der Waals surface area contributed by atoms with Gasteiger partial charge in [0.1, 0.15) is 11.4 Å².